The van der Waals surface area contributed by atoms with E-state index in [1.54, 1.807) is 0 Å². The summed E-state index contributed by atoms with van der Waals surface area (Å²) < 4.78 is 0. The summed E-state index contributed by atoms with van der Waals surface area (Å²) in [5.74, 6) is -1.01. The molecule has 0 saturated heterocycles. The lowest BCUT2D eigenvalue weighted by Crippen LogP contribution is -2.06. The molecular formula is C8H10N2O2. The van der Waals surface area contributed by atoms with E-state index in [2.05, 4.69) is 4.98 Å². The summed E-state index contributed by atoms with van der Waals surface area (Å²) in [4.78, 5) is 14.5. The van der Waals surface area contributed by atoms with Gasteiger partial charge in [-0.1, -0.05) is 6.92 Å². The van der Waals surface area contributed by atoms with Gasteiger partial charge < -0.3 is 10.8 Å². The fraction of sp³-hybridized carbons (Fsp3) is 0.250. The van der Waals surface area contributed by atoms with E-state index >= 15 is 0 Å². The molecule has 1 aromatic rings. The molecule has 4 heteroatoms. The van der Waals surface area contributed by atoms with Gasteiger partial charge in [0, 0.05) is 6.20 Å². The maximum absolute atomic E-state index is 10.6. The van der Waals surface area contributed by atoms with Gasteiger partial charge >= 0.3 is 5.97 Å². The quantitative estimate of drug-likeness (QED) is 0.685. The maximum atomic E-state index is 10.6. The summed E-state index contributed by atoms with van der Waals surface area (Å²) in [5, 5.41) is 8.68. The minimum atomic E-state index is -1.01. The van der Waals surface area contributed by atoms with E-state index in [-0.39, 0.29) is 11.3 Å². The minimum absolute atomic E-state index is 0.127. The molecule has 0 aliphatic carbocycles. The van der Waals surface area contributed by atoms with Gasteiger partial charge in [0.2, 0.25) is 0 Å². The molecule has 4 nitrogen and oxygen atoms in total. The predicted molar refractivity (Wildman–Crippen MR) is 45.0 cm³/mol. The van der Waals surface area contributed by atoms with Gasteiger partial charge in [-0.2, -0.15) is 0 Å². The van der Waals surface area contributed by atoms with E-state index in [9.17, 15) is 4.79 Å². The molecule has 0 radical (unpaired) electrons. The van der Waals surface area contributed by atoms with Gasteiger partial charge in [-0.05, 0) is 12.5 Å². The lowest BCUT2D eigenvalue weighted by atomic mass is 10.1. The first-order valence-corrected chi connectivity index (χ1v) is 3.63. The highest BCUT2D eigenvalue weighted by molar-refractivity contribution is 5.93. The molecule has 0 saturated carbocycles. The van der Waals surface area contributed by atoms with Crippen LogP contribution in [0.1, 0.15) is 23.0 Å². The molecule has 12 heavy (non-hydrogen) atoms. The van der Waals surface area contributed by atoms with Crippen LogP contribution in [0, 0.1) is 0 Å². The van der Waals surface area contributed by atoms with Gasteiger partial charge in [0.15, 0.2) is 0 Å². The normalized spacial score (nSPS) is 9.75. The molecule has 1 aromatic heterocycles. The van der Waals surface area contributed by atoms with Crippen molar-refractivity contribution in [1.29, 1.82) is 0 Å². The second-order valence-electron chi connectivity index (χ2n) is 2.38. The molecule has 1 heterocycles. The minimum Gasteiger partial charge on any atom is -0.478 e. The Balaban J connectivity index is 3.23. The molecule has 0 fully saturated rings. The Labute approximate surface area is 70.0 Å². The van der Waals surface area contributed by atoms with Crippen molar-refractivity contribution in [2.24, 2.45) is 0 Å². The van der Waals surface area contributed by atoms with Crippen molar-refractivity contribution in [1.82, 2.24) is 4.98 Å². The number of aromatic carboxylic acids is 1. The summed E-state index contributed by atoms with van der Waals surface area (Å²) in [6.45, 7) is 1.88. The molecule has 0 atom stereocenters. The second-order valence-corrected chi connectivity index (χ2v) is 2.38. The number of aromatic nitrogens is 1. The van der Waals surface area contributed by atoms with E-state index in [1.165, 1.54) is 12.3 Å². The number of hydrogen-bond acceptors (Lipinski definition) is 3. The first-order chi connectivity index (χ1) is 5.66. The van der Waals surface area contributed by atoms with Crippen molar-refractivity contribution >= 4 is 11.7 Å². The van der Waals surface area contributed by atoms with Crippen LogP contribution in [0.3, 0.4) is 0 Å². The Morgan fingerprint density at radius 3 is 2.92 bits per heavy atom. The van der Waals surface area contributed by atoms with Crippen molar-refractivity contribution in [2.45, 2.75) is 13.3 Å². The zero-order valence-corrected chi connectivity index (χ0v) is 6.74. The third-order valence-electron chi connectivity index (χ3n) is 1.64. The highest BCUT2D eigenvalue weighted by Crippen LogP contribution is 2.14. The van der Waals surface area contributed by atoms with Crippen LogP contribution in [0.15, 0.2) is 12.3 Å². The zero-order valence-electron chi connectivity index (χ0n) is 6.74. The highest BCUT2D eigenvalue weighted by Gasteiger charge is 2.10. The van der Waals surface area contributed by atoms with Crippen LogP contribution < -0.4 is 5.73 Å². The number of nitrogen functional groups attached to an aromatic ring is 1. The molecule has 64 valence electrons. The summed E-state index contributed by atoms with van der Waals surface area (Å²) >= 11 is 0. The van der Waals surface area contributed by atoms with Crippen LogP contribution >= 0.6 is 0 Å². The van der Waals surface area contributed by atoms with Gasteiger partial charge in [0.05, 0.1) is 16.9 Å². The topological polar surface area (TPSA) is 76.2 Å². The van der Waals surface area contributed by atoms with Crippen LogP contribution in [0.5, 0.6) is 0 Å². The van der Waals surface area contributed by atoms with Gasteiger partial charge in [-0.15, -0.1) is 0 Å². The molecule has 0 aliphatic heterocycles. The Morgan fingerprint density at radius 1 is 1.75 bits per heavy atom. The number of rotatable bonds is 2. The second kappa shape index (κ2) is 3.21. The van der Waals surface area contributed by atoms with E-state index < -0.39 is 5.97 Å². The maximum Gasteiger partial charge on any atom is 0.337 e. The number of nitrogens with two attached hydrogens (primary N) is 1. The Hall–Kier alpha value is -1.58. The van der Waals surface area contributed by atoms with Crippen LogP contribution in [0.4, 0.5) is 5.69 Å². The number of anilines is 1. The molecule has 0 unspecified atom stereocenters. The number of carbonyl (C=O) groups is 1. The SMILES string of the molecule is CCc1nccc(C(=O)O)c1N. The molecule has 3 N–H and O–H groups in total. The standard InChI is InChI=1S/C8H10N2O2/c1-2-6-7(9)5(8(11)12)3-4-10-6/h3-4H,2,9H2,1H3,(H,11,12). The van der Waals surface area contributed by atoms with E-state index in [0.29, 0.717) is 12.1 Å². The van der Waals surface area contributed by atoms with Crippen molar-refractivity contribution in [3.63, 3.8) is 0 Å². The van der Waals surface area contributed by atoms with Crippen LogP contribution in [0.25, 0.3) is 0 Å². The first-order valence-electron chi connectivity index (χ1n) is 3.63. The molecule has 0 bridgehead atoms. The van der Waals surface area contributed by atoms with Gasteiger partial charge in [0.25, 0.3) is 0 Å². The number of nitrogens with zero attached hydrogens (tertiary/aromatic N) is 1. The molecule has 0 aliphatic rings. The Kier molecular flexibility index (Phi) is 2.28. The third kappa shape index (κ3) is 1.37. The highest BCUT2D eigenvalue weighted by atomic mass is 16.4. The summed E-state index contributed by atoms with van der Waals surface area (Å²) in [6, 6.07) is 1.40. The lowest BCUT2D eigenvalue weighted by Gasteiger charge is -2.03. The molecule has 0 amide bonds. The Bertz CT molecular complexity index is 310. The van der Waals surface area contributed by atoms with E-state index in [0.717, 1.165) is 0 Å². The van der Waals surface area contributed by atoms with E-state index in [4.69, 9.17) is 10.8 Å². The lowest BCUT2D eigenvalue weighted by molar-refractivity contribution is 0.0698. The van der Waals surface area contributed by atoms with E-state index in [1.807, 2.05) is 6.92 Å². The smallest absolute Gasteiger partial charge is 0.337 e. The van der Waals surface area contributed by atoms with Gasteiger partial charge in [0.1, 0.15) is 0 Å². The number of aryl methyl sites for hydroxylation is 1. The number of pyridine rings is 1. The summed E-state index contributed by atoms with van der Waals surface area (Å²) in [5.41, 5.74) is 6.58. The first kappa shape index (κ1) is 8.52. The van der Waals surface area contributed by atoms with Gasteiger partial charge in [-0.3, -0.25) is 4.98 Å². The number of carboxylic acid groups (broad SMARTS) is 1. The van der Waals surface area contributed by atoms with Crippen molar-refractivity contribution in [3.05, 3.63) is 23.5 Å². The average Bonchev–Trinajstić information content (AvgIpc) is 2.04. The van der Waals surface area contributed by atoms with Crippen molar-refractivity contribution < 1.29 is 9.90 Å². The number of carboxylic acids is 1. The molecule has 0 spiro atoms. The molecule has 1 rings (SSSR count). The van der Waals surface area contributed by atoms with Gasteiger partial charge in [-0.25, -0.2) is 4.79 Å². The van der Waals surface area contributed by atoms with Crippen LogP contribution in [-0.2, 0) is 6.42 Å². The summed E-state index contributed by atoms with van der Waals surface area (Å²) in [6.07, 6.45) is 2.10. The molecule has 0 aromatic carbocycles. The molecular weight excluding hydrogens is 156 g/mol. The summed E-state index contributed by atoms with van der Waals surface area (Å²) in [7, 11) is 0. The average molecular weight is 166 g/mol. The third-order valence-corrected chi connectivity index (χ3v) is 1.64. The van der Waals surface area contributed by atoms with Crippen molar-refractivity contribution in [2.75, 3.05) is 5.73 Å². The number of hydrogen-bond donors (Lipinski definition) is 2. The van der Waals surface area contributed by atoms with Crippen molar-refractivity contribution in [3.8, 4) is 0 Å². The van der Waals surface area contributed by atoms with Crippen LogP contribution in [-0.4, -0.2) is 16.1 Å². The monoisotopic (exact) mass is 166 g/mol. The zero-order chi connectivity index (χ0) is 9.14. The van der Waals surface area contributed by atoms with Crippen LogP contribution in [0.2, 0.25) is 0 Å². The fourth-order valence-electron chi connectivity index (χ4n) is 0.985. The largest absolute Gasteiger partial charge is 0.478 e. The predicted octanol–water partition coefficient (Wildman–Crippen LogP) is 0.924. The fourth-order valence-corrected chi connectivity index (χ4v) is 0.985. The Morgan fingerprint density at radius 2 is 2.42 bits per heavy atom.